The molecule has 0 saturated carbocycles. The van der Waals surface area contributed by atoms with Crippen LogP contribution in [0.4, 0.5) is 0 Å². The summed E-state index contributed by atoms with van der Waals surface area (Å²) >= 11 is 0. The average Bonchev–Trinajstić information content (AvgIpc) is 1.57. The molecule has 0 aliphatic carbocycles. The molecule has 60 valence electrons. The van der Waals surface area contributed by atoms with Crippen molar-refractivity contribution in [3.05, 3.63) is 12.2 Å². The molecule has 0 bridgehead atoms. The fourth-order valence-corrected chi connectivity index (χ4v) is 0.224. The second-order valence-corrected chi connectivity index (χ2v) is 1.71. The van der Waals surface area contributed by atoms with E-state index in [0.717, 1.165) is 0 Å². The molecule has 0 rings (SSSR count). The van der Waals surface area contributed by atoms with Gasteiger partial charge >= 0.3 is 0 Å². The lowest BCUT2D eigenvalue weighted by Gasteiger charge is -2.11. The molecule has 6 nitrogen and oxygen atoms in total. The zero-order valence-corrected chi connectivity index (χ0v) is 4.84. The van der Waals surface area contributed by atoms with E-state index in [4.69, 9.17) is 30.6 Å². The van der Waals surface area contributed by atoms with E-state index < -0.39 is 11.9 Å². The lowest BCUT2D eigenvalue weighted by molar-refractivity contribution is -0.288. The molecular weight excluding hydrogens is 144 g/mol. The number of hydrogen-bond donors (Lipinski definition) is 6. The van der Waals surface area contributed by atoms with E-state index in [1.165, 1.54) is 0 Å². The van der Waals surface area contributed by atoms with Crippen LogP contribution in [-0.2, 0) is 0 Å². The average molecular weight is 152 g/mol. The third-order valence-corrected chi connectivity index (χ3v) is 0.531. The van der Waals surface area contributed by atoms with E-state index in [9.17, 15) is 0 Å². The summed E-state index contributed by atoms with van der Waals surface area (Å²) in [7, 11) is 0. The van der Waals surface area contributed by atoms with Crippen LogP contribution in [0.25, 0.3) is 0 Å². The van der Waals surface area contributed by atoms with Gasteiger partial charge in [0.15, 0.2) is 0 Å². The molecule has 0 radical (unpaired) electrons. The summed E-state index contributed by atoms with van der Waals surface area (Å²) in [5, 5.41) is 48.4. The zero-order valence-electron chi connectivity index (χ0n) is 4.84. The molecule has 0 spiro atoms. The molecule has 0 aromatic heterocycles. The second-order valence-electron chi connectivity index (χ2n) is 1.71. The van der Waals surface area contributed by atoms with E-state index in [2.05, 4.69) is 0 Å². The Morgan fingerprint density at radius 3 is 0.900 bits per heavy atom. The molecule has 0 saturated heterocycles. The van der Waals surface area contributed by atoms with Gasteiger partial charge in [0, 0.05) is 12.2 Å². The van der Waals surface area contributed by atoms with Gasteiger partial charge in [-0.25, -0.2) is 0 Å². The molecular formula is C4H8O6. The van der Waals surface area contributed by atoms with Crippen LogP contribution in [0.15, 0.2) is 12.2 Å². The fraction of sp³-hybridized carbons (Fsp3) is 0.500. The molecule has 6 heteroatoms. The van der Waals surface area contributed by atoms with E-state index in [-0.39, 0.29) is 12.2 Å². The number of rotatable bonds is 2. The van der Waals surface area contributed by atoms with Crippen molar-refractivity contribution in [2.45, 2.75) is 11.9 Å². The summed E-state index contributed by atoms with van der Waals surface area (Å²) in [6, 6.07) is 0. The highest BCUT2D eigenvalue weighted by molar-refractivity contribution is 4.91. The minimum atomic E-state index is -3.15. The molecule has 0 aliphatic rings. The molecule has 0 unspecified atom stereocenters. The van der Waals surface area contributed by atoms with Gasteiger partial charge in [-0.2, -0.15) is 0 Å². The van der Waals surface area contributed by atoms with Crippen molar-refractivity contribution in [1.29, 1.82) is 0 Å². The molecule has 0 aromatic rings. The Labute approximate surface area is 55.9 Å². The minimum Gasteiger partial charge on any atom is -0.340 e. The maximum absolute atomic E-state index is 8.07. The third-order valence-electron chi connectivity index (χ3n) is 0.531. The highest BCUT2D eigenvalue weighted by Crippen LogP contribution is 2.00. The number of hydrogen-bond acceptors (Lipinski definition) is 6. The van der Waals surface area contributed by atoms with E-state index in [1.807, 2.05) is 0 Å². The first-order chi connectivity index (χ1) is 4.21. The van der Waals surface area contributed by atoms with Gasteiger partial charge in [0.1, 0.15) is 0 Å². The largest absolute Gasteiger partial charge is 0.340 e. The highest BCUT2D eigenvalue weighted by Gasteiger charge is 2.18. The van der Waals surface area contributed by atoms with Gasteiger partial charge in [-0.1, -0.05) is 0 Å². The highest BCUT2D eigenvalue weighted by atomic mass is 16.7. The van der Waals surface area contributed by atoms with Crippen LogP contribution in [0.1, 0.15) is 0 Å². The SMILES string of the molecule is OC(O)(O)/C=C\C(O)(O)O. The van der Waals surface area contributed by atoms with Crippen molar-refractivity contribution in [1.82, 2.24) is 0 Å². The van der Waals surface area contributed by atoms with Crippen molar-refractivity contribution in [2.75, 3.05) is 0 Å². The van der Waals surface area contributed by atoms with Crippen LogP contribution in [0.2, 0.25) is 0 Å². The zero-order chi connectivity index (χ0) is 8.41. The molecule has 0 atom stereocenters. The first-order valence-electron chi connectivity index (χ1n) is 2.25. The normalized spacial score (nSPS) is 14.6. The van der Waals surface area contributed by atoms with Gasteiger partial charge in [0.05, 0.1) is 0 Å². The van der Waals surface area contributed by atoms with Gasteiger partial charge in [0.25, 0.3) is 11.9 Å². The Kier molecular flexibility index (Phi) is 2.49. The summed E-state index contributed by atoms with van der Waals surface area (Å²) in [6.07, 6.45) is 0.375. The van der Waals surface area contributed by atoms with Crippen LogP contribution < -0.4 is 0 Å². The van der Waals surface area contributed by atoms with Crippen LogP contribution >= 0.6 is 0 Å². The van der Waals surface area contributed by atoms with Gasteiger partial charge in [-0.05, 0) is 0 Å². The van der Waals surface area contributed by atoms with Crippen LogP contribution in [0, 0.1) is 0 Å². The first-order valence-corrected chi connectivity index (χ1v) is 2.25. The quantitative estimate of drug-likeness (QED) is 0.183. The number of aliphatic hydroxyl groups is 6. The third kappa shape index (κ3) is 7.50. The first kappa shape index (κ1) is 9.50. The predicted molar refractivity (Wildman–Crippen MR) is 27.9 cm³/mol. The topological polar surface area (TPSA) is 121 Å². The lowest BCUT2D eigenvalue weighted by atomic mass is 10.4. The van der Waals surface area contributed by atoms with E-state index in [0.29, 0.717) is 0 Å². The van der Waals surface area contributed by atoms with Crippen LogP contribution in [0.3, 0.4) is 0 Å². The maximum atomic E-state index is 8.07. The van der Waals surface area contributed by atoms with Crippen molar-refractivity contribution >= 4 is 0 Å². The summed E-state index contributed by atoms with van der Waals surface area (Å²) in [5.74, 6) is -6.31. The van der Waals surface area contributed by atoms with Crippen LogP contribution in [0.5, 0.6) is 0 Å². The van der Waals surface area contributed by atoms with Crippen molar-refractivity contribution < 1.29 is 30.6 Å². The summed E-state index contributed by atoms with van der Waals surface area (Å²) in [5.41, 5.74) is 0. The van der Waals surface area contributed by atoms with Crippen LogP contribution in [-0.4, -0.2) is 42.6 Å². The van der Waals surface area contributed by atoms with Crippen molar-refractivity contribution in [3.63, 3.8) is 0 Å². The monoisotopic (exact) mass is 152 g/mol. The van der Waals surface area contributed by atoms with Crippen molar-refractivity contribution in [3.8, 4) is 0 Å². The Hall–Kier alpha value is -0.500. The van der Waals surface area contributed by atoms with Gasteiger partial charge in [0.2, 0.25) is 0 Å². The molecule has 0 amide bonds. The summed E-state index contributed by atoms with van der Waals surface area (Å²) < 4.78 is 0. The van der Waals surface area contributed by atoms with Gasteiger partial charge in [-0.15, -0.1) is 0 Å². The smallest absolute Gasteiger partial charge is 0.297 e. The predicted octanol–water partition coefficient (Wildman–Crippen LogP) is -3.20. The van der Waals surface area contributed by atoms with Gasteiger partial charge < -0.3 is 30.6 Å². The second kappa shape index (κ2) is 2.62. The Morgan fingerprint density at radius 1 is 0.600 bits per heavy atom. The lowest BCUT2D eigenvalue weighted by Crippen LogP contribution is -2.28. The Bertz CT molecular complexity index is 110. The van der Waals surface area contributed by atoms with E-state index in [1.54, 1.807) is 0 Å². The minimum absolute atomic E-state index is 0.188. The molecule has 6 N–H and O–H groups in total. The molecule has 0 aromatic carbocycles. The molecule has 0 aliphatic heterocycles. The summed E-state index contributed by atoms with van der Waals surface area (Å²) in [4.78, 5) is 0. The Balaban J connectivity index is 4.01. The van der Waals surface area contributed by atoms with E-state index >= 15 is 0 Å². The fourth-order valence-electron chi connectivity index (χ4n) is 0.224. The van der Waals surface area contributed by atoms with Crippen molar-refractivity contribution in [2.24, 2.45) is 0 Å². The summed E-state index contributed by atoms with van der Waals surface area (Å²) in [6.45, 7) is 0. The Morgan fingerprint density at radius 2 is 0.800 bits per heavy atom. The molecule has 0 heterocycles. The molecule has 10 heavy (non-hydrogen) atoms. The molecule has 0 fully saturated rings. The van der Waals surface area contributed by atoms with Gasteiger partial charge in [-0.3, -0.25) is 0 Å². The standard InChI is InChI=1S/C4H8O6/c5-3(6,7)1-2-4(8,9)10/h1-2,5-10H/b2-1-. The maximum Gasteiger partial charge on any atom is 0.297 e.